The number of aromatic hydroxyl groups is 5. The second kappa shape index (κ2) is 29.8. The van der Waals surface area contributed by atoms with E-state index in [2.05, 4.69) is 19.7 Å². The number of rotatable bonds is 15. The van der Waals surface area contributed by atoms with Crippen molar-refractivity contribution in [1.29, 1.82) is 0 Å². The van der Waals surface area contributed by atoms with Gasteiger partial charge in [0.2, 0.25) is 0 Å². The van der Waals surface area contributed by atoms with E-state index in [1.807, 2.05) is 152 Å². The fourth-order valence-corrected chi connectivity index (χ4v) is 12.8. The van der Waals surface area contributed by atoms with Gasteiger partial charge in [0, 0.05) is 69.6 Å². The van der Waals surface area contributed by atoms with Gasteiger partial charge in [-0.1, -0.05) is 161 Å². The number of aryl methyl sites for hydroxylation is 8. The SMILES string of the molecule is C=CC(=O)OCCOc1c2cc(C)cc1Cc1cc(C)cc(c1O)Cc1cc(C)cc(c1O)Cc1cc(C)cc(c1O)C2.C=CC(=O)OCCOc1c2cc(C)cc1Cc1cc(C)cc(c1O)Cc1cc(C)cc(c1OCCOC(=O)C=C)Cc1cc(C)cc(c1O)C2. The van der Waals surface area contributed by atoms with Crippen LogP contribution < -0.4 is 14.2 Å². The second-order valence-electron chi connectivity index (χ2n) is 24.5. The van der Waals surface area contributed by atoms with Crippen LogP contribution in [0.4, 0.5) is 0 Å². The van der Waals surface area contributed by atoms with Gasteiger partial charge in [-0.2, -0.15) is 0 Å². The summed E-state index contributed by atoms with van der Waals surface area (Å²) in [6.45, 7) is 26.9. The van der Waals surface area contributed by atoms with Crippen LogP contribution >= 0.6 is 0 Å². The maximum atomic E-state index is 11.8. The fraction of sp³-hybridized carbons (Fsp3) is 0.278. The summed E-state index contributed by atoms with van der Waals surface area (Å²) >= 11 is 0. The number of phenols is 5. The summed E-state index contributed by atoms with van der Waals surface area (Å²) in [5.41, 5.74) is 20.5. The first-order valence-electron chi connectivity index (χ1n) is 31.2. The maximum absolute atomic E-state index is 11.8. The smallest absolute Gasteiger partial charge is 0.330 e. The first-order chi connectivity index (χ1) is 44.5. The van der Waals surface area contributed by atoms with E-state index in [1.54, 1.807) is 0 Å². The van der Waals surface area contributed by atoms with Crippen LogP contribution in [0, 0.1) is 55.4 Å². The summed E-state index contributed by atoms with van der Waals surface area (Å²) in [5.74, 6) is 1.22. The van der Waals surface area contributed by atoms with Crippen LogP contribution in [0.3, 0.4) is 0 Å². The number of benzene rings is 8. The van der Waals surface area contributed by atoms with Gasteiger partial charge in [-0.15, -0.1) is 0 Å². The minimum absolute atomic E-state index is 0.0372. The van der Waals surface area contributed by atoms with Gasteiger partial charge in [0.15, 0.2) is 0 Å². The third-order valence-corrected chi connectivity index (χ3v) is 16.5. The minimum Gasteiger partial charge on any atom is -0.507 e. The molecule has 14 heteroatoms. The highest BCUT2D eigenvalue weighted by atomic mass is 16.6. The van der Waals surface area contributed by atoms with Crippen molar-refractivity contribution in [2.24, 2.45) is 0 Å². The molecule has 16 bridgehead atoms. The third kappa shape index (κ3) is 16.7. The molecule has 0 heterocycles. The van der Waals surface area contributed by atoms with Crippen LogP contribution in [-0.4, -0.2) is 83.1 Å². The highest BCUT2D eigenvalue weighted by Crippen LogP contribution is 2.43. The molecule has 482 valence electrons. The molecule has 0 saturated carbocycles. The number of esters is 3. The lowest BCUT2D eigenvalue weighted by molar-refractivity contribution is -0.139. The maximum Gasteiger partial charge on any atom is 0.330 e. The monoisotopic (exact) mass is 1250 g/mol. The molecule has 5 N–H and O–H groups in total. The van der Waals surface area contributed by atoms with Gasteiger partial charge >= 0.3 is 17.9 Å². The Balaban J connectivity index is 0.000000222. The number of hydrogen-bond acceptors (Lipinski definition) is 14. The number of ether oxygens (including phenoxy) is 6. The Morgan fingerprint density at radius 1 is 0.280 bits per heavy atom. The summed E-state index contributed by atoms with van der Waals surface area (Å²) in [6.07, 6.45) is 6.33. The topological polar surface area (TPSA) is 208 Å². The third-order valence-electron chi connectivity index (χ3n) is 16.5. The lowest BCUT2D eigenvalue weighted by Gasteiger charge is -2.22. The number of carbonyl (C=O) groups is 3. The Kier molecular flexibility index (Phi) is 21.5. The summed E-state index contributed by atoms with van der Waals surface area (Å²) in [7, 11) is 0. The molecule has 0 unspecified atom stereocenters. The molecule has 0 amide bonds. The molecule has 2 aliphatic rings. The van der Waals surface area contributed by atoms with Crippen molar-refractivity contribution < 1.29 is 68.3 Å². The number of hydrogen-bond donors (Lipinski definition) is 5. The molecule has 0 atom stereocenters. The zero-order valence-corrected chi connectivity index (χ0v) is 54.4. The van der Waals surface area contributed by atoms with Crippen molar-refractivity contribution >= 4 is 17.9 Å². The Morgan fingerprint density at radius 3 is 0.570 bits per heavy atom. The van der Waals surface area contributed by atoms with E-state index in [9.17, 15) is 39.9 Å². The average molecular weight is 1260 g/mol. The summed E-state index contributed by atoms with van der Waals surface area (Å²) in [5, 5.41) is 58.0. The van der Waals surface area contributed by atoms with Crippen LogP contribution in [0.1, 0.15) is 134 Å². The fourth-order valence-electron chi connectivity index (χ4n) is 12.8. The average Bonchev–Trinajstić information content (AvgIpc) is 0.870. The highest BCUT2D eigenvalue weighted by molar-refractivity contribution is 5.82. The molecule has 8 aromatic rings. The van der Waals surface area contributed by atoms with E-state index in [0.717, 1.165) is 152 Å². The van der Waals surface area contributed by atoms with Gasteiger partial charge in [0.25, 0.3) is 0 Å². The molecule has 10 rings (SSSR count). The second-order valence-corrected chi connectivity index (χ2v) is 24.5. The lowest BCUT2D eigenvalue weighted by Crippen LogP contribution is -2.13. The molecule has 8 aromatic carbocycles. The molecule has 0 fully saturated rings. The van der Waals surface area contributed by atoms with Gasteiger partial charge in [0.1, 0.15) is 85.6 Å². The van der Waals surface area contributed by atoms with Crippen LogP contribution in [0.25, 0.3) is 0 Å². The van der Waals surface area contributed by atoms with E-state index < -0.39 is 17.9 Å². The van der Waals surface area contributed by atoms with Gasteiger partial charge in [-0.05, 0) is 144 Å². The van der Waals surface area contributed by atoms with E-state index in [0.29, 0.717) is 68.6 Å². The minimum atomic E-state index is -0.529. The van der Waals surface area contributed by atoms with E-state index in [-0.39, 0.29) is 68.4 Å². The van der Waals surface area contributed by atoms with Gasteiger partial charge in [-0.25, -0.2) is 14.4 Å². The molecule has 2 aliphatic carbocycles. The molecular formula is C79H82O14. The predicted octanol–water partition coefficient (Wildman–Crippen LogP) is 14.0. The quantitative estimate of drug-likeness (QED) is 0.0280. The summed E-state index contributed by atoms with van der Waals surface area (Å²) < 4.78 is 34.5. The van der Waals surface area contributed by atoms with Crippen LogP contribution in [0.15, 0.2) is 135 Å². The lowest BCUT2D eigenvalue weighted by atomic mass is 9.89. The van der Waals surface area contributed by atoms with E-state index in [4.69, 9.17) is 28.4 Å². The Morgan fingerprint density at radius 2 is 0.419 bits per heavy atom. The first kappa shape index (κ1) is 67.2. The van der Waals surface area contributed by atoms with Crippen molar-refractivity contribution in [2.75, 3.05) is 39.6 Å². The molecular weight excluding hydrogens is 1170 g/mol. The number of phenolic OH excluding ortho intramolecular Hbond substituents is 5. The molecule has 93 heavy (non-hydrogen) atoms. The van der Waals surface area contributed by atoms with Crippen molar-refractivity contribution in [3.63, 3.8) is 0 Å². The predicted molar refractivity (Wildman–Crippen MR) is 360 cm³/mol. The zero-order valence-electron chi connectivity index (χ0n) is 54.4. The molecule has 0 aromatic heterocycles. The summed E-state index contributed by atoms with van der Waals surface area (Å²) in [6, 6.07) is 31.9. The molecule has 0 spiro atoms. The Labute approximate surface area is 544 Å². The van der Waals surface area contributed by atoms with Crippen molar-refractivity contribution in [3.05, 3.63) is 269 Å². The van der Waals surface area contributed by atoms with Crippen LogP contribution in [0.5, 0.6) is 46.0 Å². The van der Waals surface area contributed by atoms with E-state index in [1.165, 1.54) is 0 Å². The van der Waals surface area contributed by atoms with Crippen LogP contribution in [-0.2, 0) is 80.0 Å². The standard InChI is InChI=1S/C42H44O8.C37H38O6/c1-7-37(43)47-9-11-49-41-33-17-27(5)18-34(41)22-30-14-26(4)16-32(40(30)46)24-36-20-28(6)19-35(42(36)50-12-10-48-38(44)8-2)23-31-15-25(3)13-29(21-33)39(31)45;1-6-33(38)42-7-8-43-37-31-15-24(5)16-32(37)20-30-14-23(4)12-28(36(30)41)18-26-10-21(2)9-25(34(26)39)17-27-11-22(3)13-29(19-31)35(27)40/h7-8,13-20,45-46H,1-2,9-12,21-24H2,3-6H3;6,9-16,39-41H,1,7-8,17-20H2,2-5H3. The first-order valence-corrected chi connectivity index (χ1v) is 31.2. The van der Waals surface area contributed by atoms with E-state index >= 15 is 0 Å². The van der Waals surface area contributed by atoms with Crippen molar-refractivity contribution in [2.45, 2.75) is 107 Å². The van der Waals surface area contributed by atoms with Gasteiger partial charge < -0.3 is 54.0 Å². The van der Waals surface area contributed by atoms with Crippen molar-refractivity contribution in [1.82, 2.24) is 0 Å². The molecule has 0 radical (unpaired) electrons. The Bertz CT molecular complexity index is 3880. The zero-order chi connectivity index (χ0) is 66.8. The molecule has 0 saturated heterocycles. The van der Waals surface area contributed by atoms with Crippen LogP contribution in [0.2, 0.25) is 0 Å². The molecule has 0 aliphatic heterocycles. The van der Waals surface area contributed by atoms with Crippen molar-refractivity contribution in [3.8, 4) is 46.0 Å². The molecule has 14 nitrogen and oxygen atoms in total. The summed E-state index contributed by atoms with van der Waals surface area (Å²) in [4.78, 5) is 35.0. The number of fused-ring (bicyclic) bond motifs is 16. The Hall–Kier alpha value is -10.2. The van der Waals surface area contributed by atoms with Gasteiger partial charge in [0.05, 0.1) is 0 Å². The number of carbonyl (C=O) groups excluding carboxylic acids is 3. The largest absolute Gasteiger partial charge is 0.507 e. The van der Waals surface area contributed by atoms with Gasteiger partial charge in [-0.3, -0.25) is 0 Å². The highest BCUT2D eigenvalue weighted by Gasteiger charge is 2.25. The normalized spacial score (nSPS) is 12.3.